The fourth-order valence-electron chi connectivity index (χ4n) is 5.51. The molecule has 0 heterocycles. The van der Waals surface area contributed by atoms with Gasteiger partial charge in [-0.15, -0.1) is 0 Å². The molecule has 0 spiro atoms. The summed E-state index contributed by atoms with van der Waals surface area (Å²) in [7, 11) is 0. The number of hydrogen-bond acceptors (Lipinski definition) is 3. The first-order valence-electron chi connectivity index (χ1n) is 13.5. The van der Waals surface area contributed by atoms with Gasteiger partial charge in [0.15, 0.2) is 0 Å². The monoisotopic (exact) mass is 476 g/mol. The third kappa shape index (κ3) is 5.80. The fraction of sp³-hybridized carbons (Fsp3) is 0.394. The Morgan fingerprint density at radius 1 is 0.722 bits per heavy atom. The Bertz CT molecular complexity index is 1220. The van der Waals surface area contributed by atoms with Gasteiger partial charge < -0.3 is 4.74 Å². The van der Waals surface area contributed by atoms with E-state index in [1.54, 1.807) is 0 Å². The van der Waals surface area contributed by atoms with Crippen molar-refractivity contribution in [2.24, 2.45) is 5.92 Å². The molecule has 36 heavy (non-hydrogen) atoms. The molecular formula is C33H36N2O. The molecule has 1 aliphatic carbocycles. The average molecular weight is 477 g/mol. The highest BCUT2D eigenvalue weighted by molar-refractivity contribution is 5.82. The second kappa shape index (κ2) is 12.4. The molecule has 0 atom stereocenters. The van der Waals surface area contributed by atoms with Gasteiger partial charge in [0.25, 0.3) is 0 Å². The molecule has 1 aliphatic rings. The molecule has 0 radical (unpaired) electrons. The van der Waals surface area contributed by atoms with Crippen molar-refractivity contribution in [1.29, 1.82) is 10.5 Å². The first kappa shape index (κ1) is 25.5. The summed E-state index contributed by atoms with van der Waals surface area (Å²) in [5.41, 5.74) is 5.74. The highest BCUT2D eigenvalue weighted by Gasteiger charge is 2.22. The minimum Gasteiger partial charge on any atom is -0.494 e. The van der Waals surface area contributed by atoms with E-state index >= 15 is 0 Å². The van der Waals surface area contributed by atoms with Crippen LogP contribution in [0.25, 0.3) is 22.3 Å². The van der Waals surface area contributed by atoms with Crippen molar-refractivity contribution in [2.45, 2.75) is 71.1 Å². The number of benzene rings is 3. The minimum absolute atomic E-state index is 0.424. The molecule has 0 aliphatic heterocycles. The molecule has 3 nitrogen and oxygen atoms in total. The number of hydrogen-bond donors (Lipinski definition) is 0. The Balaban J connectivity index is 1.56. The van der Waals surface area contributed by atoms with Crippen LogP contribution in [-0.2, 0) is 0 Å². The van der Waals surface area contributed by atoms with Crippen molar-refractivity contribution in [2.75, 3.05) is 6.61 Å². The van der Waals surface area contributed by atoms with Gasteiger partial charge in [-0.3, -0.25) is 0 Å². The lowest BCUT2D eigenvalue weighted by atomic mass is 9.77. The van der Waals surface area contributed by atoms with Gasteiger partial charge in [0, 0.05) is 11.1 Å². The van der Waals surface area contributed by atoms with E-state index < -0.39 is 0 Å². The molecule has 3 aromatic carbocycles. The van der Waals surface area contributed by atoms with Gasteiger partial charge in [0.1, 0.15) is 17.9 Å². The van der Waals surface area contributed by atoms with Crippen LogP contribution < -0.4 is 4.74 Å². The second-order valence-electron chi connectivity index (χ2n) is 9.99. The summed E-state index contributed by atoms with van der Waals surface area (Å²) in [6, 6.07) is 25.0. The number of unbranched alkanes of at least 4 members (excludes halogenated alkanes) is 1. The number of nitriles is 2. The molecule has 1 fully saturated rings. The van der Waals surface area contributed by atoms with Crippen LogP contribution in [0.3, 0.4) is 0 Å². The van der Waals surface area contributed by atoms with Crippen molar-refractivity contribution < 1.29 is 4.74 Å². The zero-order chi connectivity index (χ0) is 25.3. The lowest BCUT2D eigenvalue weighted by Crippen LogP contribution is -2.13. The smallest absolute Gasteiger partial charge is 0.119 e. The molecule has 0 bridgehead atoms. The van der Waals surface area contributed by atoms with Crippen LogP contribution >= 0.6 is 0 Å². The quantitative estimate of drug-likeness (QED) is 0.289. The van der Waals surface area contributed by atoms with Gasteiger partial charge in [0.2, 0.25) is 0 Å². The molecular weight excluding hydrogens is 440 g/mol. The molecule has 0 saturated heterocycles. The summed E-state index contributed by atoms with van der Waals surface area (Å²) in [5.74, 6) is 2.35. The molecule has 0 unspecified atom stereocenters. The summed E-state index contributed by atoms with van der Waals surface area (Å²) in [4.78, 5) is 0. The highest BCUT2D eigenvalue weighted by atomic mass is 16.5. The largest absolute Gasteiger partial charge is 0.494 e. The number of nitrogens with zero attached hydrogens (tertiary/aromatic N) is 2. The van der Waals surface area contributed by atoms with E-state index in [9.17, 15) is 10.5 Å². The first-order valence-corrected chi connectivity index (χ1v) is 13.5. The summed E-state index contributed by atoms with van der Waals surface area (Å²) in [6.07, 6.45) is 9.95. The van der Waals surface area contributed by atoms with E-state index in [-0.39, 0.29) is 0 Å². The molecule has 0 N–H and O–H groups in total. The van der Waals surface area contributed by atoms with Crippen LogP contribution in [-0.4, -0.2) is 6.61 Å². The van der Waals surface area contributed by atoms with E-state index in [4.69, 9.17) is 4.74 Å². The topological polar surface area (TPSA) is 56.8 Å². The van der Waals surface area contributed by atoms with E-state index in [0.29, 0.717) is 23.7 Å². The summed E-state index contributed by atoms with van der Waals surface area (Å²) in [5, 5.41) is 20.0. The van der Waals surface area contributed by atoms with Gasteiger partial charge in [-0.05, 0) is 72.8 Å². The van der Waals surface area contributed by atoms with E-state index in [2.05, 4.69) is 50.3 Å². The number of ether oxygens (including phenoxy) is 1. The summed E-state index contributed by atoms with van der Waals surface area (Å²) >= 11 is 0. The van der Waals surface area contributed by atoms with E-state index in [0.717, 1.165) is 46.8 Å². The molecule has 0 amide bonds. The van der Waals surface area contributed by atoms with Crippen LogP contribution in [0.15, 0.2) is 60.7 Å². The SMILES string of the molecule is CCCCOc1ccc(-c2ccc(-c3ccc([C@H]4CC[C@H](CCC)CC4)cc3)c(C#N)c2C#N)cc1. The van der Waals surface area contributed by atoms with E-state index in [1.807, 2.05) is 36.4 Å². The standard InChI is InChI=1S/C33H36N2O/c1-3-5-21-36-29-17-15-28(16-18-29)31-20-19-30(32(22-34)33(31)23-35)27-13-11-26(12-14-27)25-9-7-24(6-4-2)8-10-25/h11-20,24-25H,3-10,21H2,1-2H3/t24-,25-. The van der Waals surface area contributed by atoms with Crippen LogP contribution in [0, 0.1) is 28.6 Å². The Hall–Kier alpha value is -3.56. The average Bonchev–Trinajstić information content (AvgIpc) is 2.93. The van der Waals surface area contributed by atoms with Crippen molar-refractivity contribution in [3.05, 3.63) is 77.4 Å². The zero-order valence-electron chi connectivity index (χ0n) is 21.6. The Labute approximate surface area is 216 Å². The van der Waals surface area contributed by atoms with Crippen LogP contribution in [0.5, 0.6) is 5.75 Å². The molecule has 0 aromatic heterocycles. The highest BCUT2D eigenvalue weighted by Crippen LogP contribution is 2.39. The van der Waals surface area contributed by atoms with Crippen molar-refractivity contribution in [3.63, 3.8) is 0 Å². The molecule has 1 saturated carbocycles. The maximum Gasteiger partial charge on any atom is 0.119 e. The van der Waals surface area contributed by atoms with Crippen molar-refractivity contribution in [1.82, 2.24) is 0 Å². The van der Waals surface area contributed by atoms with Gasteiger partial charge in [-0.1, -0.05) is 81.6 Å². The first-order chi connectivity index (χ1) is 17.7. The summed E-state index contributed by atoms with van der Waals surface area (Å²) < 4.78 is 5.77. The van der Waals surface area contributed by atoms with Gasteiger partial charge in [0.05, 0.1) is 17.7 Å². The van der Waals surface area contributed by atoms with E-state index in [1.165, 1.54) is 44.1 Å². The lowest BCUT2D eigenvalue weighted by molar-refractivity contribution is 0.308. The fourth-order valence-corrected chi connectivity index (χ4v) is 5.51. The number of rotatable bonds is 9. The van der Waals surface area contributed by atoms with Gasteiger partial charge >= 0.3 is 0 Å². The van der Waals surface area contributed by atoms with Crippen LogP contribution in [0.1, 0.15) is 87.8 Å². The second-order valence-corrected chi connectivity index (χ2v) is 9.99. The lowest BCUT2D eigenvalue weighted by Gasteiger charge is -2.28. The van der Waals surface area contributed by atoms with Crippen LogP contribution in [0.4, 0.5) is 0 Å². The third-order valence-electron chi connectivity index (χ3n) is 7.60. The maximum absolute atomic E-state index is 10.0. The normalized spacial score (nSPS) is 17.2. The zero-order valence-corrected chi connectivity index (χ0v) is 21.6. The van der Waals surface area contributed by atoms with Crippen molar-refractivity contribution >= 4 is 0 Å². The minimum atomic E-state index is 0.424. The van der Waals surface area contributed by atoms with Crippen LogP contribution in [0.2, 0.25) is 0 Å². The molecule has 4 rings (SSSR count). The Kier molecular flexibility index (Phi) is 8.80. The molecule has 3 aromatic rings. The van der Waals surface area contributed by atoms with Gasteiger partial charge in [-0.2, -0.15) is 10.5 Å². The third-order valence-corrected chi connectivity index (χ3v) is 7.60. The Morgan fingerprint density at radius 2 is 1.28 bits per heavy atom. The Morgan fingerprint density at radius 3 is 1.78 bits per heavy atom. The predicted octanol–water partition coefficient (Wildman–Crippen LogP) is 9.02. The summed E-state index contributed by atoms with van der Waals surface area (Å²) in [6.45, 7) is 5.12. The molecule has 184 valence electrons. The van der Waals surface area contributed by atoms with Gasteiger partial charge in [-0.25, -0.2) is 0 Å². The molecule has 3 heteroatoms. The predicted molar refractivity (Wildman–Crippen MR) is 147 cm³/mol. The van der Waals surface area contributed by atoms with Crippen molar-refractivity contribution in [3.8, 4) is 40.1 Å². The maximum atomic E-state index is 10.0.